The van der Waals surface area contributed by atoms with Crippen LogP contribution in [-0.4, -0.2) is 59.5 Å². The molecule has 32 heavy (non-hydrogen) atoms. The van der Waals surface area contributed by atoms with Gasteiger partial charge in [0.25, 0.3) is 0 Å². The minimum Gasteiger partial charge on any atom is -0.392 e. The van der Waals surface area contributed by atoms with Gasteiger partial charge in [-0.05, 0) is 30.7 Å². The Kier molecular flexibility index (Phi) is 6.42. The van der Waals surface area contributed by atoms with Crippen LogP contribution >= 0.6 is 0 Å². The van der Waals surface area contributed by atoms with Gasteiger partial charge < -0.3 is 19.5 Å². The zero-order chi connectivity index (χ0) is 22.6. The number of piperidine rings is 1. The van der Waals surface area contributed by atoms with Gasteiger partial charge in [0.15, 0.2) is 0 Å². The summed E-state index contributed by atoms with van der Waals surface area (Å²) in [6.07, 6.45) is 6.45. The lowest BCUT2D eigenvalue weighted by atomic mass is 9.89. The predicted molar refractivity (Wildman–Crippen MR) is 112 cm³/mol. The summed E-state index contributed by atoms with van der Waals surface area (Å²) in [7, 11) is -3.71. The lowest BCUT2D eigenvalue weighted by Crippen LogP contribution is -2.46. The molecule has 4 rings (SSSR count). The lowest BCUT2D eigenvalue weighted by molar-refractivity contribution is -0.0506. The van der Waals surface area contributed by atoms with E-state index < -0.39 is 27.5 Å². The number of sulfonamides is 1. The molecule has 3 heterocycles. The van der Waals surface area contributed by atoms with E-state index in [1.54, 1.807) is 12.5 Å². The van der Waals surface area contributed by atoms with Gasteiger partial charge in [0, 0.05) is 51.4 Å². The minimum absolute atomic E-state index is 0.0483. The van der Waals surface area contributed by atoms with Crippen LogP contribution in [0.25, 0.3) is 0 Å². The van der Waals surface area contributed by atoms with Crippen molar-refractivity contribution in [3.05, 3.63) is 48.8 Å². The first-order chi connectivity index (χ1) is 15.4. The Morgan fingerprint density at radius 2 is 2.00 bits per heavy atom. The van der Waals surface area contributed by atoms with Gasteiger partial charge in [0.05, 0.1) is 17.6 Å². The SMILES string of the molecule is O=C(NCCCn1ccnc1)OC1=NOC2(CCN(S(=O)(=O)c3ccc(F)cc3)CC2)C1. The van der Waals surface area contributed by atoms with Crippen LogP contribution in [-0.2, 0) is 26.1 Å². The second-order valence-electron chi connectivity index (χ2n) is 7.76. The number of hydrogen-bond acceptors (Lipinski definition) is 7. The average Bonchev–Trinajstić information content (AvgIpc) is 3.42. The van der Waals surface area contributed by atoms with E-state index in [1.807, 2.05) is 10.8 Å². The van der Waals surface area contributed by atoms with E-state index in [9.17, 15) is 17.6 Å². The molecule has 10 nitrogen and oxygen atoms in total. The number of benzene rings is 1. The van der Waals surface area contributed by atoms with Crippen LogP contribution in [0.5, 0.6) is 0 Å². The summed E-state index contributed by atoms with van der Waals surface area (Å²) < 4.78 is 47.1. The molecule has 12 heteroatoms. The van der Waals surface area contributed by atoms with E-state index in [0.29, 0.717) is 25.8 Å². The third kappa shape index (κ3) is 5.07. The molecule has 0 bridgehead atoms. The third-order valence-electron chi connectivity index (χ3n) is 5.53. The molecule has 1 aromatic carbocycles. The fourth-order valence-corrected chi connectivity index (χ4v) is 5.16. The molecule has 2 aliphatic heterocycles. The Morgan fingerprint density at radius 3 is 2.69 bits per heavy atom. The van der Waals surface area contributed by atoms with Crippen molar-refractivity contribution in [3.8, 4) is 0 Å². The number of hydrogen-bond donors (Lipinski definition) is 1. The van der Waals surface area contributed by atoms with Crippen molar-refractivity contribution in [2.24, 2.45) is 5.16 Å². The van der Waals surface area contributed by atoms with E-state index >= 15 is 0 Å². The van der Waals surface area contributed by atoms with Gasteiger partial charge >= 0.3 is 6.09 Å². The number of amides is 1. The summed E-state index contributed by atoms with van der Waals surface area (Å²) in [4.78, 5) is 21.5. The maximum atomic E-state index is 13.1. The molecule has 0 radical (unpaired) electrons. The summed E-state index contributed by atoms with van der Waals surface area (Å²) in [5, 5.41) is 6.56. The normalized spacial score (nSPS) is 18.2. The molecule has 172 valence electrons. The first-order valence-corrected chi connectivity index (χ1v) is 11.7. The lowest BCUT2D eigenvalue weighted by Gasteiger charge is -2.36. The molecule has 2 aromatic rings. The Balaban J connectivity index is 1.22. The molecule has 1 spiro atoms. The van der Waals surface area contributed by atoms with Crippen LogP contribution in [0.3, 0.4) is 0 Å². The van der Waals surface area contributed by atoms with Crippen molar-refractivity contribution in [2.75, 3.05) is 19.6 Å². The highest BCUT2D eigenvalue weighted by molar-refractivity contribution is 7.89. The van der Waals surface area contributed by atoms with Crippen LogP contribution in [0.4, 0.5) is 9.18 Å². The number of aromatic nitrogens is 2. The van der Waals surface area contributed by atoms with E-state index in [0.717, 1.165) is 25.1 Å². The monoisotopic (exact) mass is 465 g/mol. The second-order valence-corrected chi connectivity index (χ2v) is 9.70. The van der Waals surface area contributed by atoms with Crippen LogP contribution in [0, 0.1) is 5.82 Å². The number of carbonyl (C=O) groups is 1. The van der Waals surface area contributed by atoms with Gasteiger partial charge in [-0.25, -0.2) is 22.6 Å². The second kappa shape index (κ2) is 9.25. The Morgan fingerprint density at radius 1 is 1.25 bits per heavy atom. The molecule has 2 aliphatic rings. The summed E-state index contributed by atoms with van der Waals surface area (Å²) in [5.41, 5.74) is -0.689. The van der Waals surface area contributed by atoms with Gasteiger partial charge in [0.1, 0.15) is 11.4 Å². The zero-order valence-electron chi connectivity index (χ0n) is 17.3. The van der Waals surface area contributed by atoms with E-state index in [2.05, 4.69) is 15.5 Å². The van der Waals surface area contributed by atoms with Crippen molar-refractivity contribution in [1.82, 2.24) is 19.2 Å². The number of halogens is 1. The van der Waals surface area contributed by atoms with Crippen molar-refractivity contribution >= 4 is 22.0 Å². The Labute approximate surface area is 185 Å². The quantitative estimate of drug-likeness (QED) is 0.654. The van der Waals surface area contributed by atoms with Crippen LogP contribution in [0.15, 0.2) is 53.0 Å². The number of rotatable bonds is 6. The molecule has 0 saturated carbocycles. The first-order valence-electron chi connectivity index (χ1n) is 10.3. The van der Waals surface area contributed by atoms with E-state index in [-0.39, 0.29) is 23.9 Å². The number of aryl methyl sites for hydroxylation is 1. The molecular formula is C20H24FN5O5S. The molecule has 0 unspecified atom stereocenters. The van der Waals surface area contributed by atoms with Crippen molar-refractivity contribution < 1.29 is 27.2 Å². The third-order valence-corrected chi connectivity index (χ3v) is 7.44. The molecule has 1 N–H and O–H groups in total. The first kappa shape index (κ1) is 22.2. The molecule has 1 amide bonds. The maximum absolute atomic E-state index is 13.1. The van der Waals surface area contributed by atoms with Gasteiger partial charge in [0.2, 0.25) is 15.9 Å². The maximum Gasteiger partial charge on any atom is 0.413 e. The summed E-state index contributed by atoms with van der Waals surface area (Å²) in [5.74, 6) is -0.320. The number of ether oxygens (including phenoxy) is 1. The topological polar surface area (TPSA) is 115 Å². The largest absolute Gasteiger partial charge is 0.413 e. The van der Waals surface area contributed by atoms with Gasteiger partial charge in [-0.1, -0.05) is 5.16 Å². The standard InChI is InChI=1S/C20H24FN5O5S/c21-16-2-4-17(5-3-16)32(28,29)26-11-6-20(7-12-26)14-18(24-31-20)30-19(27)23-8-1-10-25-13-9-22-15-25/h2-5,9,13,15H,1,6-8,10-12,14H2,(H,23,27). The molecule has 0 atom stereocenters. The summed E-state index contributed by atoms with van der Waals surface area (Å²) >= 11 is 0. The number of nitrogens with zero attached hydrogens (tertiary/aromatic N) is 4. The summed E-state index contributed by atoms with van der Waals surface area (Å²) in [6.45, 7) is 1.61. The molecular weight excluding hydrogens is 441 g/mol. The highest BCUT2D eigenvalue weighted by Crippen LogP contribution is 2.36. The van der Waals surface area contributed by atoms with Crippen molar-refractivity contribution in [1.29, 1.82) is 0 Å². The number of oxime groups is 1. The molecule has 0 aliphatic carbocycles. The van der Waals surface area contributed by atoms with Crippen LogP contribution in [0.2, 0.25) is 0 Å². The van der Waals surface area contributed by atoms with Crippen LogP contribution < -0.4 is 5.32 Å². The highest BCUT2D eigenvalue weighted by Gasteiger charge is 2.45. The van der Waals surface area contributed by atoms with Gasteiger partial charge in [-0.3, -0.25) is 0 Å². The molecule has 1 aromatic heterocycles. The number of carbonyl (C=O) groups excluding carboxylic acids is 1. The fourth-order valence-electron chi connectivity index (χ4n) is 3.71. The van der Waals surface area contributed by atoms with Crippen molar-refractivity contribution in [3.63, 3.8) is 0 Å². The van der Waals surface area contributed by atoms with Crippen molar-refractivity contribution in [2.45, 2.75) is 42.7 Å². The number of alkyl carbamates (subject to hydrolysis) is 1. The predicted octanol–water partition coefficient (Wildman–Crippen LogP) is 2.10. The van der Waals surface area contributed by atoms with Gasteiger partial charge in [-0.2, -0.15) is 4.31 Å². The number of imidazole rings is 1. The minimum atomic E-state index is -3.71. The van der Waals surface area contributed by atoms with E-state index in [1.165, 1.54) is 16.4 Å². The van der Waals surface area contributed by atoms with Gasteiger partial charge in [-0.15, -0.1) is 0 Å². The molecule has 1 saturated heterocycles. The Bertz CT molecular complexity index is 1060. The van der Waals surface area contributed by atoms with Crippen LogP contribution in [0.1, 0.15) is 25.7 Å². The molecule has 1 fully saturated rings. The smallest absolute Gasteiger partial charge is 0.392 e. The number of nitrogens with one attached hydrogen (secondary N) is 1. The average molecular weight is 466 g/mol. The Hall–Kier alpha value is -2.99. The highest BCUT2D eigenvalue weighted by atomic mass is 32.2. The van der Waals surface area contributed by atoms with E-state index in [4.69, 9.17) is 9.57 Å². The summed E-state index contributed by atoms with van der Waals surface area (Å²) in [6, 6.07) is 4.76. The fraction of sp³-hybridized carbons (Fsp3) is 0.450. The zero-order valence-corrected chi connectivity index (χ0v) is 18.1.